The lowest BCUT2D eigenvalue weighted by molar-refractivity contribution is 0.103. The molecule has 1 aromatic rings. The second-order valence-electron chi connectivity index (χ2n) is 4.70. The van der Waals surface area contributed by atoms with E-state index in [0.29, 0.717) is 18.2 Å². The number of β-amino-alcohol motifs (C(OH)–C–C–N with tert-alkyl or cyclic N) is 1. The van der Waals surface area contributed by atoms with Crippen molar-refractivity contribution in [2.24, 2.45) is 5.92 Å². The van der Waals surface area contributed by atoms with Gasteiger partial charge in [0.05, 0.1) is 24.6 Å². The Hall–Kier alpha value is -1.42. The lowest BCUT2D eigenvalue weighted by Crippen LogP contribution is -2.43. The highest BCUT2D eigenvalue weighted by Crippen LogP contribution is 2.30. The first-order valence-corrected chi connectivity index (χ1v) is 5.98. The van der Waals surface area contributed by atoms with Gasteiger partial charge < -0.3 is 20.5 Å². The SMILES string of the molecule is COc1ccc(N2CCC(C)C(O)C2)c(N)c1. The lowest BCUT2D eigenvalue weighted by Gasteiger charge is -2.36. The first-order valence-electron chi connectivity index (χ1n) is 5.98. The van der Waals surface area contributed by atoms with Crippen LogP contribution in [0.4, 0.5) is 11.4 Å². The fraction of sp³-hybridized carbons (Fsp3) is 0.538. The summed E-state index contributed by atoms with van der Waals surface area (Å²) < 4.78 is 5.13. The molecule has 1 aliphatic rings. The van der Waals surface area contributed by atoms with Crippen LogP contribution in [0, 0.1) is 5.92 Å². The quantitative estimate of drug-likeness (QED) is 0.764. The van der Waals surface area contributed by atoms with Crippen molar-refractivity contribution in [1.82, 2.24) is 0 Å². The minimum absolute atomic E-state index is 0.273. The van der Waals surface area contributed by atoms with Gasteiger partial charge in [-0.15, -0.1) is 0 Å². The van der Waals surface area contributed by atoms with Crippen LogP contribution < -0.4 is 15.4 Å². The average molecular weight is 236 g/mol. The third kappa shape index (κ3) is 2.47. The summed E-state index contributed by atoms with van der Waals surface area (Å²) in [4.78, 5) is 2.14. The number of nitrogens with zero attached hydrogens (tertiary/aromatic N) is 1. The Morgan fingerprint density at radius 2 is 2.24 bits per heavy atom. The predicted octanol–water partition coefficient (Wildman–Crippen LogP) is 1.48. The number of piperidine rings is 1. The normalized spacial score (nSPS) is 24.8. The summed E-state index contributed by atoms with van der Waals surface area (Å²) >= 11 is 0. The van der Waals surface area contributed by atoms with E-state index in [2.05, 4.69) is 11.8 Å². The van der Waals surface area contributed by atoms with Crippen molar-refractivity contribution in [3.8, 4) is 5.75 Å². The van der Waals surface area contributed by atoms with Crippen LogP contribution in [0.5, 0.6) is 5.75 Å². The molecule has 17 heavy (non-hydrogen) atoms. The van der Waals surface area contributed by atoms with E-state index in [1.165, 1.54) is 0 Å². The molecule has 4 nitrogen and oxygen atoms in total. The van der Waals surface area contributed by atoms with Gasteiger partial charge in [0, 0.05) is 19.2 Å². The number of nitrogens with two attached hydrogens (primary N) is 1. The first kappa shape index (κ1) is 12.0. The number of hydrogen-bond donors (Lipinski definition) is 2. The van der Waals surface area contributed by atoms with Gasteiger partial charge in [0.1, 0.15) is 5.75 Å². The third-order valence-corrected chi connectivity index (χ3v) is 3.49. The summed E-state index contributed by atoms with van der Waals surface area (Å²) in [5.74, 6) is 1.13. The Morgan fingerprint density at radius 1 is 1.47 bits per heavy atom. The molecule has 0 aromatic heterocycles. The van der Waals surface area contributed by atoms with E-state index in [1.807, 2.05) is 18.2 Å². The molecule has 1 fully saturated rings. The highest BCUT2D eigenvalue weighted by Gasteiger charge is 2.25. The molecule has 1 heterocycles. The van der Waals surface area contributed by atoms with Crippen molar-refractivity contribution in [3.63, 3.8) is 0 Å². The van der Waals surface area contributed by atoms with Crippen LogP contribution in [-0.2, 0) is 0 Å². The van der Waals surface area contributed by atoms with Crippen LogP contribution in [0.3, 0.4) is 0 Å². The molecule has 0 bridgehead atoms. The number of aliphatic hydroxyl groups is 1. The van der Waals surface area contributed by atoms with Crippen LogP contribution in [0.15, 0.2) is 18.2 Å². The highest BCUT2D eigenvalue weighted by atomic mass is 16.5. The van der Waals surface area contributed by atoms with Crippen molar-refractivity contribution >= 4 is 11.4 Å². The second-order valence-corrected chi connectivity index (χ2v) is 4.70. The van der Waals surface area contributed by atoms with E-state index in [-0.39, 0.29) is 6.10 Å². The van der Waals surface area contributed by atoms with Gasteiger partial charge in [-0.2, -0.15) is 0 Å². The first-order chi connectivity index (χ1) is 8.11. The van der Waals surface area contributed by atoms with Gasteiger partial charge in [0.15, 0.2) is 0 Å². The number of nitrogen functional groups attached to an aromatic ring is 1. The van der Waals surface area contributed by atoms with Gasteiger partial charge in [0.2, 0.25) is 0 Å². The fourth-order valence-electron chi connectivity index (χ4n) is 2.22. The van der Waals surface area contributed by atoms with E-state index >= 15 is 0 Å². The maximum atomic E-state index is 9.89. The molecule has 2 unspecified atom stereocenters. The van der Waals surface area contributed by atoms with E-state index in [9.17, 15) is 5.11 Å². The Morgan fingerprint density at radius 3 is 2.82 bits per heavy atom. The highest BCUT2D eigenvalue weighted by molar-refractivity contribution is 5.69. The molecule has 2 rings (SSSR count). The minimum atomic E-state index is -0.273. The Balaban J connectivity index is 2.17. The van der Waals surface area contributed by atoms with Gasteiger partial charge in [-0.3, -0.25) is 0 Å². The Bertz CT molecular complexity index is 395. The molecule has 0 radical (unpaired) electrons. The molecular formula is C13H20N2O2. The Kier molecular flexibility index (Phi) is 3.43. The molecule has 4 heteroatoms. The van der Waals surface area contributed by atoms with E-state index in [0.717, 1.165) is 24.4 Å². The van der Waals surface area contributed by atoms with Crippen molar-refractivity contribution in [2.75, 3.05) is 30.8 Å². The number of ether oxygens (including phenoxy) is 1. The predicted molar refractivity (Wildman–Crippen MR) is 69.4 cm³/mol. The molecule has 3 N–H and O–H groups in total. The molecule has 1 aromatic carbocycles. The van der Waals surface area contributed by atoms with Gasteiger partial charge in [-0.25, -0.2) is 0 Å². The maximum Gasteiger partial charge on any atom is 0.121 e. The molecule has 0 spiro atoms. The van der Waals surface area contributed by atoms with Gasteiger partial charge in [-0.05, 0) is 24.5 Å². The average Bonchev–Trinajstić information content (AvgIpc) is 2.32. The molecule has 0 aliphatic carbocycles. The van der Waals surface area contributed by atoms with Crippen LogP contribution in [0.1, 0.15) is 13.3 Å². The lowest BCUT2D eigenvalue weighted by atomic mass is 9.95. The van der Waals surface area contributed by atoms with Gasteiger partial charge >= 0.3 is 0 Å². The smallest absolute Gasteiger partial charge is 0.121 e. The second kappa shape index (κ2) is 4.84. The number of aliphatic hydroxyl groups excluding tert-OH is 1. The molecular weight excluding hydrogens is 216 g/mol. The van der Waals surface area contributed by atoms with Crippen LogP contribution in [0.25, 0.3) is 0 Å². The zero-order valence-corrected chi connectivity index (χ0v) is 10.4. The van der Waals surface area contributed by atoms with Crippen molar-refractivity contribution in [2.45, 2.75) is 19.4 Å². The third-order valence-electron chi connectivity index (χ3n) is 3.49. The zero-order chi connectivity index (χ0) is 12.4. The monoisotopic (exact) mass is 236 g/mol. The van der Waals surface area contributed by atoms with Gasteiger partial charge in [-0.1, -0.05) is 6.92 Å². The molecule has 0 amide bonds. The van der Waals surface area contributed by atoms with Crippen LogP contribution >= 0.6 is 0 Å². The summed E-state index contributed by atoms with van der Waals surface area (Å²) in [6, 6.07) is 5.67. The number of anilines is 2. The number of methoxy groups -OCH3 is 1. The standard InChI is InChI=1S/C13H20N2O2/c1-9-5-6-15(8-13(9)16)12-4-3-10(17-2)7-11(12)14/h3-4,7,9,13,16H,5-6,8,14H2,1-2H3. The number of hydrogen-bond acceptors (Lipinski definition) is 4. The van der Waals surface area contributed by atoms with Crippen molar-refractivity contribution in [3.05, 3.63) is 18.2 Å². The van der Waals surface area contributed by atoms with Gasteiger partial charge in [0.25, 0.3) is 0 Å². The topological polar surface area (TPSA) is 58.7 Å². The summed E-state index contributed by atoms with van der Waals surface area (Å²) in [5.41, 5.74) is 7.69. The van der Waals surface area contributed by atoms with Crippen LogP contribution in [-0.4, -0.2) is 31.4 Å². The molecule has 94 valence electrons. The maximum absolute atomic E-state index is 9.89. The summed E-state index contributed by atoms with van der Waals surface area (Å²) in [6.07, 6.45) is 0.720. The Labute approximate surface area is 102 Å². The van der Waals surface area contributed by atoms with E-state index in [1.54, 1.807) is 7.11 Å². The summed E-state index contributed by atoms with van der Waals surface area (Å²) in [7, 11) is 1.63. The number of rotatable bonds is 2. The summed E-state index contributed by atoms with van der Waals surface area (Å²) in [5, 5.41) is 9.89. The van der Waals surface area contributed by atoms with Crippen LogP contribution in [0.2, 0.25) is 0 Å². The van der Waals surface area contributed by atoms with Crippen molar-refractivity contribution < 1.29 is 9.84 Å². The molecule has 0 saturated carbocycles. The minimum Gasteiger partial charge on any atom is -0.497 e. The zero-order valence-electron chi connectivity index (χ0n) is 10.4. The van der Waals surface area contributed by atoms with Crippen molar-refractivity contribution in [1.29, 1.82) is 0 Å². The molecule has 1 aliphatic heterocycles. The molecule has 1 saturated heterocycles. The summed E-state index contributed by atoms with van der Waals surface area (Å²) in [6.45, 7) is 3.67. The molecule has 2 atom stereocenters. The fourth-order valence-corrected chi connectivity index (χ4v) is 2.22. The van der Waals surface area contributed by atoms with E-state index in [4.69, 9.17) is 10.5 Å². The van der Waals surface area contributed by atoms with E-state index < -0.39 is 0 Å². The largest absolute Gasteiger partial charge is 0.497 e. The number of benzene rings is 1.